The number of thioether (sulfide) groups is 1. The summed E-state index contributed by atoms with van der Waals surface area (Å²) in [5.41, 5.74) is 1.18. The van der Waals surface area contributed by atoms with Crippen LogP contribution in [-0.4, -0.2) is 16.8 Å². The quantitative estimate of drug-likeness (QED) is 0.763. The lowest BCUT2D eigenvalue weighted by Gasteiger charge is -2.13. The lowest BCUT2D eigenvalue weighted by Crippen LogP contribution is -2.02. The number of hydrogen-bond acceptors (Lipinski definition) is 3. The van der Waals surface area contributed by atoms with E-state index in [1.165, 1.54) is 11.8 Å². The second-order valence-corrected chi connectivity index (χ2v) is 6.12. The predicted molar refractivity (Wildman–Crippen MR) is 86.1 cm³/mol. The summed E-state index contributed by atoms with van der Waals surface area (Å²) in [6, 6.07) is 10.6. The van der Waals surface area contributed by atoms with Crippen molar-refractivity contribution in [2.24, 2.45) is 0 Å². The molecule has 0 atom stereocenters. The number of carbonyl (C=O) groups is 1. The highest BCUT2D eigenvalue weighted by atomic mass is 35.5. The second-order valence-electron chi connectivity index (χ2n) is 4.40. The summed E-state index contributed by atoms with van der Waals surface area (Å²) in [5.74, 6) is 0.523. The van der Waals surface area contributed by atoms with Gasteiger partial charge in [0.1, 0.15) is 17.1 Å². The summed E-state index contributed by atoms with van der Waals surface area (Å²) >= 11 is 7.60. The smallest absolute Gasteiger partial charge is 0.340 e. The number of carboxylic acids is 1. The number of rotatable bonds is 5. The zero-order chi connectivity index (χ0) is 15.4. The van der Waals surface area contributed by atoms with Gasteiger partial charge in [0.25, 0.3) is 0 Å². The molecule has 0 spiro atoms. The van der Waals surface area contributed by atoms with Crippen molar-refractivity contribution in [3.8, 4) is 11.5 Å². The third-order valence-electron chi connectivity index (χ3n) is 2.81. The van der Waals surface area contributed by atoms with Gasteiger partial charge in [-0.15, -0.1) is 11.8 Å². The molecule has 21 heavy (non-hydrogen) atoms. The number of aryl methyl sites for hydroxylation is 1. The minimum Gasteiger partial charge on any atom is -0.478 e. The number of benzene rings is 2. The van der Waals surface area contributed by atoms with E-state index >= 15 is 0 Å². The summed E-state index contributed by atoms with van der Waals surface area (Å²) in [6.45, 7) is 3.90. The molecule has 0 saturated heterocycles. The molecule has 3 nitrogen and oxygen atoms in total. The fraction of sp³-hybridized carbons (Fsp3) is 0.188. The highest BCUT2D eigenvalue weighted by Crippen LogP contribution is 2.35. The van der Waals surface area contributed by atoms with Gasteiger partial charge in [-0.05, 0) is 42.5 Å². The van der Waals surface area contributed by atoms with Gasteiger partial charge < -0.3 is 9.84 Å². The van der Waals surface area contributed by atoms with Gasteiger partial charge in [-0.2, -0.15) is 0 Å². The highest BCUT2D eigenvalue weighted by molar-refractivity contribution is 7.99. The molecule has 0 aromatic heterocycles. The SMILES string of the molecule is CCSc1cccc(Oc2ccc(C)cc2Cl)c1C(=O)O. The van der Waals surface area contributed by atoms with Crippen LogP contribution in [0.5, 0.6) is 11.5 Å². The van der Waals surface area contributed by atoms with Gasteiger partial charge in [-0.25, -0.2) is 4.79 Å². The van der Waals surface area contributed by atoms with E-state index in [2.05, 4.69) is 0 Å². The van der Waals surface area contributed by atoms with Gasteiger partial charge in [0, 0.05) is 4.90 Å². The molecule has 0 heterocycles. The van der Waals surface area contributed by atoms with E-state index in [1.807, 2.05) is 19.9 Å². The molecule has 0 radical (unpaired) electrons. The van der Waals surface area contributed by atoms with Gasteiger partial charge in [0.05, 0.1) is 5.02 Å². The summed E-state index contributed by atoms with van der Waals surface area (Å²) < 4.78 is 5.72. The number of hydrogen-bond donors (Lipinski definition) is 1. The Morgan fingerprint density at radius 3 is 2.67 bits per heavy atom. The van der Waals surface area contributed by atoms with E-state index in [4.69, 9.17) is 16.3 Å². The Morgan fingerprint density at radius 2 is 2.05 bits per heavy atom. The van der Waals surface area contributed by atoms with Crippen molar-refractivity contribution in [2.75, 3.05) is 5.75 Å². The van der Waals surface area contributed by atoms with Crippen LogP contribution in [0.4, 0.5) is 0 Å². The maximum Gasteiger partial charge on any atom is 0.340 e. The third kappa shape index (κ3) is 3.71. The molecule has 110 valence electrons. The van der Waals surface area contributed by atoms with Crippen LogP contribution in [0.25, 0.3) is 0 Å². The maximum atomic E-state index is 11.5. The Bertz CT molecular complexity index is 671. The third-order valence-corrected chi connectivity index (χ3v) is 4.04. The maximum absolute atomic E-state index is 11.5. The van der Waals surface area contributed by atoms with Gasteiger partial charge in [-0.1, -0.05) is 30.7 Å². The molecule has 0 aliphatic carbocycles. The molecular weight excluding hydrogens is 308 g/mol. The van der Waals surface area contributed by atoms with E-state index < -0.39 is 5.97 Å². The molecule has 2 aromatic carbocycles. The van der Waals surface area contributed by atoms with Crippen LogP contribution >= 0.6 is 23.4 Å². The topological polar surface area (TPSA) is 46.5 Å². The molecule has 0 unspecified atom stereocenters. The molecule has 5 heteroatoms. The Kier molecular flexibility index (Phi) is 5.15. The molecule has 0 aliphatic rings. The molecular formula is C16H15ClO3S. The van der Waals surface area contributed by atoms with Crippen molar-refractivity contribution < 1.29 is 14.6 Å². The van der Waals surface area contributed by atoms with Crippen molar-refractivity contribution in [3.63, 3.8) is 0 Å². The van der Waals surface area contributed by atoms with Crippen LogP contribution in [0.3, 0.4) is 0 Å². The van der Waals surface area contributed by atoms with Crippen LogP contribution in [0.2, 0.25) is 5.02 Å². The first-order chi connectivity index (χ1) is 10.0. The van der Waals surface area contributed by atoms with Crippen LogP contribution in [0.15, 0.2) is 41.3 Å². The van der Waals surface area contributed by atoms with Crippen LogP contribution in [0, 0.1) is 6.92 Å². The van der Waals surface area contributed by atoms with Gasteiger partial charge in [0.2, 0.25) is 0 Å². The largest absolute Gasteiger partial charge is 0.478 e. The van der Waals surface area contributed by atoms with Gasteiger partial charge in [0.15, 0.2) is 0 Å². The molecule has 0 aliphatic heterocycles. The fourth-order valence-corrected chi connectivity index (χ4v) is 2.98. The van der Waals surface area contributed by atoms with E-state index in [9.17, 15) is 9.90 Å². The lowest BCUT2D eigenvalue weighted by atomic mass is 10.2. The number of aromatic carboxylic acids is 1. The van der Waals surface area contributed by atoms with E-state index in [1.54, 1.807) is 30.3 Å². The summed E-state index contributed by atoms with van der Waals surface area (Å²) in [4.78, 5) is 12.2. The minimum atomic E-state index is -1.01. The van der Waals surface area contributed by atoms with Crippen molar-refractivity contribution in [2.45, 2.75) is 18.7 Å². The molecule has 0 saturated carbocycles. The van der Waals surface area contributed by atoms with E-state index in [0.717, 1.165) is 11.3 Å². The van der Waals surface area contributed by atoms with E-state index in [-0.39, 0.29) is 5.56 Å². The Balaban J connectivity index is 2.43. The molecule has 0 bridgehead atoms. The first-order valence-electron chi connectivity index (χ1n) is 6.46. The monoisotopic (exact) mass is 322 g/mol. The van der Waals surface area contributed by atoms with Gasteiger partial charge >= 0.3 is 5.97 Å². The van der Waals surface area contributed by atoms with E-state index in [0.29, 0.717) is 21.4 Å². The van der Waals surface area contributed by atoms with Crippen molar-refractivity contribution in [3.05, 3.63) is 52.5 Å². The average molecular weight is 323 g/mol. The first-order valence-corrected chi connectivity index (χ1v) is 7.82. The number of carboxylic acid groups (broad SMARTS) is 1. The van der Waals surface area contributed by atoms with Crippen LogP contribution in [-0.2, 0) is 0 Å². The minimum absolute atomic E-state index is 0.168. The van der Waals surface area contributed by atoms with Crippen molar-refractivity contribution in [1.82, 2.24) is 0 Å². The summed E-state index contributed by atoms with van der Waals surface area (Å²) in [5, 5.41) is 9.90. The molecule has 2 rings (SSSR count). The Labute approximate surface area is 132 Å². The van der Waals surface area contributed by atoms with Gasteiger partial charge in [-0.3, -0.25) is 0 Å². The standard InChI is InChI=1S/C16H15ClO3S/c1-3-21-14-6-4-5-13(15(14)16(18)19)20-12-8-7-10(2)9-11(12)17/h4-9H,3H2,1-2H3,(H,18,19). The summed E-state index contributed by atoms with van der Waals surface area (Å²) in [6.07, 6.45) is 0. The molecule has 0 amide bonds. The fourth-order valence-electron chi connectivity index (χ4n) is 1.89. The first kappa shape index (κ1) is 15.7. The number of halogens is 1. The lowest BCUT2D eigenvalue weighted by molar-refractivity contribution is 0.0690. The van der Waals surface area contributed by atoms with Crippen molar-refractivity contribution >= 4 is 29.3 Å². The number of ether oxygens (including phenoxy) is 1. The Morgan fingerprint density at radius 1 is 1.29 bits per heavy atom. The summed E-state index contributed by atoms with van der Waals surface area (Å²) in [7, 11) is 0. The second kappa shape index (κ2) is 6.87. The predicted octanol–water partition coefficient (Wildman–Crippen LogP) is 5.25. The highest BCUT2D eigenvalue weighted by Gasteiger charge is 2.18. The average Bonchev–Trinajstić information content (AvgIpc) is 2.42. The molecule has 0 fully saturated rings. The molecule has 2 aromatic rings. The van der Waals surface area contributed by atoms with Crippen LogP contribution in [0.1, 0.15) is 22.8 Å². The zero-order valence-corrected chi connectivity index (χ0v) is 13.3. The zero-order valence-electron chi connectivity index (χ0n) is 11.7. The normalized spacial score (nSPS) is 10.4. The molecule has 1 N–H and O–H groups in total. The van der Waals surface area contributed by atoms with Crippen LogP contribution < -0.4 is 4.74 Å². The van der Waals surface area contributed by atoms with Crippen molar-refractivity contribution in [1.29, 1.82) is 0 Å². The Hall–Kier alpha value is -1.65.